The van der Waals surface area contributed by atoms with Crippen LogP contribution in [0.3, 0.4) is 0 Å². The normalized spacial score (nSPS) is 11.5. The molecule has 0 fully saturated rings. The maximum Gasteiger partial charge on any atom is 2.00 e. The van der Waals surface area contributed by atoms with Crippen LogP contribution in [-0.4, -0.2) is 49.0 Å². The SMILES string of the molecule is CCCCCCCCCCCCc1ccc(S(=O)(=O)[O-])cc1.CCCCCCCCCCCCc1ccc(S(=O)(=O)[O-])cc1.[Mg+2]. The molecule has 252 valence electrons. The molecule has 0 atom stereocenters. The summed E-state index contributed by atoms with van der Waals surface area (Å²) in [4.78, 5) is -0.279. The molecule has 6 nitrogen and oxygen atoms in total. The molecular formula is C36H58MgO6S2. The van der Waals surface area contributed by atoms with E-state index in [-0.39, 0.29) is 32.8 Å². The largest absolute Gasteiger partial charge is 2.00 e. The van der Waals surface area contributed by atoms with E-state index in [0.29, 0.717) is 0 Å². The molecule has 9 heteroatoms. The topological polar surface area (TPSA) is 114 Å². The monoisotopic (exact) mass is 674 g/mol. The number of unbranched alkanes of at least 4 members (excludes halogenated alkanes) is 18. The minimum absolute atomic E-state index is 0. The molecule has 0 N–H and O–H groups in total. The van der Waals surface area contributed by atoms with Gasteiger partial charge >= 0.3 is 23.1 Å². The van der Waals surface area contributed by atoms with E-state index in [2.05, 4.69) is 13.8 Å². The summed E-state index contributed by atoms with van der Waals surface area (Å²) in [7, 11) is -8.63. The summed E-state index contributed by atoms with van der Waals surface area (Å²) in [5.41, 5.74) is 2.21. The molecule has 2 aromatic rings. The fourth-order valence-electron chi connectivity index (χ4n) is 5.28. The van der Waals surface area contributed by atoms with Crippen molar-refractivity contribution in [3.05, 3.63) is 59.7 Å². The Bertz CT molecular complexity index is 1090. The molecule has 0 unspecified atom stereocenters. The summed E-state index contributed by atoms with van der Waals surface area (Å²) in [5, 5.41) is 0. The van der Waals surface area contributed by atoms with Crippen molar-refractivity contribution in [3.63, 3.8) is 0 Å². The van der Waals surface area contributed by atoms with Crippen LogP contribution in [0.15, 0.2) is 58.3 Å². The van der Waals surface area contributed by atoms with Gasteiger partial charge in [0.25, 0.3) is 0 Å². The van der Waals surface area contributed by atoms with Gasteiger partial charge in [-0.15, -0.1) is 0 Å². The van der Waals surface area contributed by atoms with Crippen molar-refractivity contribution in [1.82, 2.24) is 0 Å². The minimum Gasteiger partial charge on any atom is -0.744 e. The fraction of sp³-hybridized carbons (Fsp3) is 0.667. The predicted molar refractivity (Wildman–Crippen MR) is 186 cm³/mol. The van der Waals surface area contributed by atoms with Gasteiger partial charge in [-0.25, -0.2) is 16.8 Å². The summed E-state index contributed by atoms with van der Waals surface area (Å²) in [6.07, 6.45) is 28.1. The van der Waals surface area contributed by atoms with E-state index in [1.807, 2.05) is 0 Å². The first-order valence-corrected chi connectivity index (χ1v) is 20.0. The van der Waals surface area contributed by atoms with Gasteiger partial charge in [0.15, 0.2) is 0 Å². The maximum atomic E-state index is 10.8. The zero-order chi connectivity index (χ0) is 32.5. The van der Waals surface area contributed by atoms with Gasteiger partial charge in [-0.05, 0) is 61.1 Å². The number of aryl methyl sites for hydroxylation is 2. The van der Waals surface area contributed by atoms with Gasteiger partial charge in [0.1, 0.15) is 20.2 Å². The molecular weight excluding hydrogens is 617 g/mol. The van der Waals surface area contributed by atoms with Gasteiger partial charge in [0.05, 0.1) is 9.79 Å². The predicted octanol–water partition coefficient (Wildman–Crippen LogP) is 9.73. The van der Waals surface area contributed by atoms with Crippen LogP contribution in [0.25, 0.3) is 0 Å². The van der Waals surface area contributed by atoms with Crippen LogP contribution in [0.2, 0.25) is 0 Å². The molecule has 45 heavy (non-hydrogen) atoms. The number of hydrogen-bond donors (Lipinski definition) is 0. The molecule has 0 aliphatic rings. The van der Waals surface area contributed by atoms with Crippen molar-refractivity contribution >= 4 is 43.3 Å². The Morgan fingerprint density at radius 3 is 0.844 bits per heavy atom. The Kier molecular flexibility index (Phi) is 26.4. The summed E-state index contributed by atoms with van der Waals surface area (Å²) in [6.45, 7) is 4.49. The number of benzene rings is 2. The summed E-state index contributed by atoms with van der Waals surface area (Å²) in [6, 6.07) is 12.6. The van der Waals surface area contributed by atoms with Crippen LogP contribution in [0, 0.1) is 0 Å². The summed E-state index contributed by atoms with van der Waals surface area (Å²) in [5.74, 6) is 0. The first kappa shape index (κ1) is 44.0. The second kappa shape index (κ2) is 27.0. The second-order valence-electron chi connectivity index (χ2n) is 12.1. The van der Waals surface area contributed by atoms with Gasteiger partial charge in [-0.3, -0.25) is 0 Å². The van der Waals surface area contributed by atoms with Crippen LogP contribution in [0.1, 0.15) is 153 Å². The first-order chi connectivity index (χ1) is 21.1. The van der Waals surface area contributed by atoms with Gasteiger partial charge in [-0.2, -0.15) is 0 Å². The standard InChI is InChI=1S/2C18H30O3S.Mg/c2*1-2-3-4-5-6-7-8-9-10-11-12-17-13-15-18(16-14-17)22(19,20)21;/h2*13-16H,2-12H2,1H3,(H,19,20,21);/q;;+2/p-2. The Labute approximate surface area is 292 Å². The van der Waals surface area contributed by atoms with Crippen molar-refractivity contribution in [2.75, 3.05) is 0 Å². The molecule has 0 radical (unpaired) electrons. The smallest absolute Gasteiger partial charge is 0.744 e. The molecule has 0 aromatic heterocycles. The Balaban J connectivity index is 0.000000842. The molecule has 0 saturated heterocycles. The van der Waals surface area contributed by atoms with Crippen LogP contribution >= 0.6 is 0 Å². The van der Waals surface area contributed by atoms with Gasteiger partial charge in [0.2, 0.25) is 0 Å². The zero-order valence-electron chi connectivity index (χ0n) is 28.1. The molecule has 2 rings (SSSR count). The van der Waals surface area contributed by atoms with E-state index in [1.54, 1.807) is 24.3 Å². The van der Waals surface area contributed by atoms with Crippen LogP contribution < -0.4 is 0 Å². The first-order valence-electron chi connectivity index (χ1n) is 17.2. The van der Waals surface area contributed by atoms with E-state index < -0.39 is 20.2 Å². The number of rotatable bonds is 24. The van der Waals surface area contributed by atoms with E-state index >= 15 is 0 Å². The van der Waals surface area contributed by atoms with Crippen molar-refractivity contribution in [2.24, 2.45) is 0 Å². The third kappa shape index (κ3) is 23.9. The Morgan fingerprint density at radius 1 is 0.400 bits per heavy atom. The van der Waals surface area contributed by atoms with Crippen molar-refractivity contribution < 1.29 is 25.9 Å². The Hall–Kier alpha value is -0.974. The number of hydrogen-bond acceptors (Lipinski definition) is 6. The van der Waals surface area contributed by atoms with E-state index in [1.165, 1.54) is 140 Å². The van der Waals surface area contributed by atoms with Crippen molar-refractivity contribution in [1.29, 1.82) is 0 Å². The quantitative estimate of drug-likeness (QED) is 0.0622. The summed E-state index contributed by atoms with van der Waals surface area (Å²) < 4.78 is 65.0. The molecule has 0 bridgehead atoms. The fourth-order valence-corrected chi connectivity index (χ4v) is 6.22. The second-order valence-corrected chi connectivity index (χ2v) is 14.8. The Morgan fingerprint density at radius 2 is 0.622 bits per heavy atom. The maximum absolute atomic E-state index is 10.8. The van der Waals surface area contributed by atoms with Crippen molar-refractivity contribution in [2.45, 2.75) is 165 Å². The summed E-state index contributed by atoms with van der Waals surface area (Å²) >= 11 is 0. The van der Waals surface area contributed by atoms with Crippen molar-refractivity contribution in [3.8, 4) is 0 Å². The average Bonchev–Trinajstić information content (AvgIpc) is 2.99. The van der Waals surface area contributed by atoms with Crippen LogP contribution in [0.4, 0.5) is 0 Å². The molecule has 2 aromatic carbocycles. The van der Waals surface area contributed by atoms with Crippen LogP contribution in [-0.2, 0) is 33.1 Å². The average molecular weight is 675 g/mol. The third-order valence-electron chi connectivity index (χ3n) is 8.06. The van der Waals surface area contributed by atoms with E-state index in [0.717, 1.165) is 36.8 Å². The van der Waals surface area contributed by atoms with Crippen LogP contribution in [0.5, 0.6) is 0 Å². The molecule has 0 spiro atoms. The molecule has 0 aliphatic carbocycles. The molecule has 0 heterocycles. The minimum atomic E-state index is -4.31. The van der Waals surface area contributed by atoms with E-state index in [9.17, 15) is 25.9 Å². The van der Waals surface area contributed by atoms with Gasteiger partial charge in [0, 0.05) is 0 Å². The molecule has 0 amide bonds. The van der Waals surface area contributed by atoms with Gasteiger partial charge in [-0.1, -0.05) is 154 Å². The zero-order valence-corrected chi connectivity index (χ0v) is 31.2. The van der Waals surface area contributed by atoms with E-state index in [4.69, 9.17) is 0 Å². The van der Waals surface area contributed by atoms with Gasteiger partial charge < -0.3 is 9.11 Å². The molecule has 0 saturated carbocycles. The molecule has 0 aliphatic heterocycles. The third-order valence-corrected chi connectivity index (χ3v) is 9.76.